The molecular formula is C21H25N5O2. The van der Waals surface area contributed by atoms with Gasteiger partial charge in [0.15, 0.2) is 0 Å². The summed E-state index contributed by atoms with van der Waals surface area (Å²) in [6, 6.07) is 5.89. The number of imidazole rings is 1. The molecule has 28 heavy (non-hydrogen) atoms. The lowest BCUT2D eigenvalue weighted by atomic mass is 9.87. The maximum atomic E-state index is 12.4. The molecule has 146 valence electrons. The van der Waals surface area contributed by atoms with Crippen LogP contribution in [0.2, 0.25) is 0 Å². The summed E-state index contributed by atoms with van der Waals surface area (Å²) in [6.45, 7) is 1.57. The number of nitrogens with one attached hydrogen (secondary N) is 1. The third-order valence-corrected chi connectivity index (χ3v) is 6.17. The lowest BCUT2D eigenvalue weighted by molar-refractivity contribution is -0.134. The molecule has 0 spiro atoms. The van der Waals surface area contributed by atoms with Crippen LogP contribution >= 0.6 is 0 Å². The van der Waals surface area contributed by atoms with E-state index in [0.717, 1.165) is 29.6 Å². The van der Waals surface area contributed by atoms with Crippen molar-refractivity contribution in [1.29, 1.82) is 0 Å². The van der Waals surface area contributed by atoms with Crippen LogP contribution in [0.15, 0.2) is 29.0 Å². The molecule has 3 heterocycles. The first-order valence-corrected chi connectivity index (χ1v) is 10.3. The van der Waals surface area contributed by atoms with Crippen LogP contribution in [0.25, 0.3) is 22.4 Å². The Hall–Kier alpha value is -2.70. The minimum absolute atomic E-state index is 0.124. The fraction of sp³-hybridized carbons (Fsp3) is 0.524. The quantitative estimate of drug-likeness (QED) is 0.743. The zero-order valence-corrected chi connectivity index (χ0v) is 15.9. The molecule has 1 aliphatic heterocycles. The summed E-state index contributed by atoms with van der Waals surface area (Å²) in [4.78, 5) is 26.5. The molecule has 1 N–H and O–H groups in total. The van der Waals surface area contributed by atoms with Crippen molar-refractivity contribution in [2.75, 3.05) is 13.1 Å². The number of carbonyl (C=O) groups is 1. The summed E-state index contributed by atoms with van der Waals surface area (Å²) in [5.74, 6) is 2.27. The normalized spacial score (nSPS) is 21.5. The van der Waals surface area contributed by atoms with Crippen LogP contribution in [0.4, 0.5) is 0 Å². The van der Waals surface area contributed by atoms with Gasteiger partial charge in [0, 0.05) is 25.1 Å². The number of likely N-dealkylation sites (tertiary alicyclic amines) is 1. The first-order chi connectivity index (χ1) is 13.8. The molecule has 1 saturated heterocycles. The average Bonchev–Trinajstić information content (AvgIpc) is 3.39. The van der Waals surface area contributed by atoms with E-state index < -0.39 is 0 Å². The van der Waals surface area contributed by atoms with E-state index in [-0.39, 0.29) is 11.8 Å². The van der Waals surface area contributed by atoms with Gasteiger partial charge in [0.1, 0.15) is 0 Å². The second kappa shape index (κ2) is 7.37. The van der Waals surface area contributed by atoms with Crippen molar-refractivity contribution in [2.24, 2.45) is 5.92 Å². The molecule has 7 nitrogen and oxygen atoms in total. The summed E-state index contributed by atoms with van der Waals surface area (Å²) in [5, 5.41) is 4.19. The van der Waals surface area contributed by atoms with E-state index in [1.54, 1.807) is 6.33 Å². The Morgan fingerprint density at radius 3 is 2.96 bits per heavy atom. The molecule has 2 aliphatic rings. The van der Waals surface area contributed by atoms with Crippen LogP contribution in [0.1, 0.15) is 56.8 Å². The van der Waals surface area contributed by atoms with Gasteiger partial charge < -0.3 is 14.4 Å². The topological polar surface area (TPSA) is 87.9 Å². The average molecular weight is 379 g/mol. The lowest BCUT2D eigenvalue weighted by Gasteiger charge is -2.34. The number of benzene rings is 1. The number of rotatable bonds is 4. The number of piperidine rings is 1. The highest BCUT2D eigenvalue weighted by Gasteiger charge is 2.32. The van der Waals surface area contributed by atoms with Crippen molar-refractivity contribution < 1.29 is 9.32 Å². The third kappa shape index (κ3) is 3.41. The van der Waals surface area contributed by atoms with E-state index >= 15 is 0 Å². The van der Waals surface area contributed by atoms with Gasteiger partial charge in [0.25, 0.3) is 0 Å². The molecule has 2 fully saturated rings. The van der Waals surface area contributed by atoms with Crippen molar-refractivity contribution in [2.45, 2.75) is 50.9 Å². The van der Waals surface area contributed by atoms with E-state index in [9.17, 15) is 4.79 Å². The van der Waals surface area contributed by atoms with E-state index in [2.05, 4.69) is 20.1 Å². The standard InChI is InChI=1S/C21H25N5O2/c27-19-9-7-16(12-26(19)11-14-4-2-1-3-5-14)21-24-20(25-28-21)15-6-8-17-18(10-15)23-13-22-17/h6,8,10,13-14,16H,1-5,7,9,11-12H2,(H,22,23)/t16-/m1/s1. The number of H-pyrrole nitrogens is 1. The molecule has 1 amide bonds. The van der Waals surface area contributed by atoms with Crippen LogP contribution < -0.4 is 0 Å². The summed E-state index contributed by atoms with van der Waals surface area (Å²) in [5.41, 5.74) is 2.76. The monoisotopic (exact) mass is 379 g/mol. The van der Waals surface area contributed by atoms with Crippen molar-refractivity contribution in [3.8, 4) is 11.4 Å². The maximum absolute atomic E-state index is 12.4. The zero-order chi connectivity index (χ0) is 18.9. The van der Waals surface area contributed by atoms with E-state index in [0.29, 0.717) is 30.6 Å². The molecule has 1 saturated carbocycles. The van der Waals surface area contributed by atoms with Crippen molar-refractivity contribution >= 4 is 16.9 Å². The third-order valence-electron chi connectivity index (χ3n) is 6.17. The first-order valence-electron chi connectivity index (χ1n) is 10.3. The molecule has 1 aliphatic carbocycles. The lowest BCUT2D eigenvalue weighted by Crippen LogP contribution is -2.42. The minimum Gasteiger partial charge on any atom is -0.345 e. The largest absolute Gasteiger partial charge is 0.345 e. The molecular weight excluding hydrogens is 354 g/mol. The Morgan fingerprint density at radius 2 is 2.07 bits per heavy atom. The van der Waals surface area contributed by atoms with Crippen LogP contribution in [-0.4, -0.2) is 44.0 Å². The van der Waals surface area contributed by atoms with Crippen molar-refractivity contribution in [3.63, 3.8) is 0 Å². The number of fused-ring (bicyclic) bond motifs is 1. The van der Waals surface area contributed by atoms with Crippen molar-refractivity contribution in [1.82, 2.24) is 25.0 Å². The van der Waals surface area contributed by atoms with Crippen LogP contribution in [0, 0.1) is 5.92 Å². The molecule has 1 aromatic carbocycles. The number of nitrogens with zero attached hydrogens (tertiary/aromatic N) is 4. The fourth-order valence-electron chi connectivity index (χ4n) is 4.57. The molecule has 0 unspecified atom stereocenters. The number of aromatic amines is 1. The van der Waals surface area contributed by atoms with Crippen LogP contribution in [0.3, 0.4) is 0 Å². The van der Waals surface area contributed by atoms with E-state index in [1.807, 2.05) is 23.1 Å². The summed E-state index contributed by atoms with van der Waals surface area (Å²) in [6.07, 6.45) is 9.44. The molecule has 2 aromatic heterocycles. The van der Waals surface area contributed by atoms with E-state index in [4.69, 9.17) is 4.52 Å². The summed E-state index contributed by atoms with van der Waals surface area (Å²) < 4.78 is 5.60. The van der Waals surface area contributed by atoms with Gasteiger partial charge in [-0.05, 0) is 43.4 Å². The predicted octanol–water partition coefficient (Wildman–Crippen LogP) is 3.90. The van der Waals surface area contributed by atoms with Gasteiger partial charge in [-0.1, -0.05) is 24.4 Å². The van der Waals surface area contributed by atoms with Gasteiger partial charge in [0.05, 0.1) is 23.3 Å². The Kier molecular flexibility index (Phi) is 4.58. The van der Waals surface area contributed by atoms with Gasteiger partial charge in [-0.2, -0.15) is 4.98 Å². The van der Waals surface area contributed by atoms with E-state index in [1.165, 1.54) is 32.1 Å². The van der Waals surface area contributed by atoms with Gasteiger partial charge in [-0.25, -0.2) is 4.98 Å². The Labute approximate surface area is 163 Å². The predicted molar refractivity (Wildman–Crippen MR) is 105 cm³/mol. The van der Waals surface area contributed by atoms with Gasteiger partial charge in [-0.3, -0.25) is 4.79 Å². The first kappa shape index (κ1) is 17.4. The van der Waals surface area contributed by atoms with Gasteiger partial charge >= 0.3 is 0 Å². The highest BCUT2D eigenvalue weighted by molar-refractivity contribution is 5.80. The summed E-state index contributed by atoms with van der Waals surface area (Å²) >= 11 is 0. The number of carbonyl (C=O) groups excluding carboxylic acids is 1. The molecule has 5 rings (SSSR count). The minimum atomic E-state index is 0.124. The number of hydrogen-bond donors (Lipinski definition) is 1. The Morgan fingerprint density at radius 1 is 1.18 bits per heavy atom. The van der Waals surface area contributed by atoms with Crippen molar-refractivity contribution in [3.05, 3.63) is 30.4 Å². The van der Waals surface area contributed by atoms with Crippen LogP contribution in [0.5, 0.6) is 0 Å². The molecule has 0 bridgehead atoms. The fourth-order valence-corrected chi connectivity index (χ4v) is 4.57. The number of hydrogen-bond acceptors (Lipinski definition) is 5. The smallest absolute Gasteiger partial charge is 0.231 e. The van der Waals surface area contributed by atoms with Gasteiger partial charge in [-0.15, -0.1) is 0 Å². The van der Waals surface area contributed by atoms with Gasteiger partial charge in [0.2, 0.25) is 17.6 Å². The molecule has 1 atom stereocenters. The second-order valence-corrected chi connectivity index (χ2v) is 8.13. The molecule has 0 radical (unpaired) electrons. The highest BCUT2D eigenvalue weighted by atomic mass is 16.5. The Bertz CT molecular complexity index is 972. The molecule has 7 heteroatoms. The highest BCUT2D eigenvalue weighted by Crippen LogP contribution is 2.31. The number of amides is 1. The number of aromatic nitrogens is 4. The Balaban J connectivity index is 1.31. The summed E-state index contributed by atoms with van der Waals surface area (Å²) in [7, 11) is 0. The maximum Gasteiger partial charge on any atom is 0.231 e. The molecule has 3 aromatic rings. The van der Waals surface area contributed by atoms with Crippen LogP contribution in [-0.2, 0) is 4.79 Å². The second-order valence-electron chi connectivity index (χ2n) is 8.13. The SMILES string of the molecule is O=C1CC[C@@H](c2nc(-c3ccc4nc[nH]c4c3)no2)CN1CC1CCCCC1. The zero-order valence-electron chi connectivity index (χ0n) is 15.9.